The number of aromatic nitrogens is 2. The van der Waals surface area contributed by atoms with Crippen molar-refractivity contribution in [2.45, 2.75) is 13.8 Å². The Morgan fingerprint density at radius 3 is 2.43 bits per heavy atom. The Morgan fingerprint density at radius 2 is 1.83 bits per heavy atom. The number of hydrogen-bond acceptors (Lipinski definition) is 6. The zero-order valence-corrected chi connectivity index (χ0v) is 13.7. The van der Waals surface area contributed by atoms with E-state index in [1.54, 1.807) is 38.1 Å². The van der Waals surface area contributed by atoms with E-state index in [-0.39, 0.29) is 10.6 Å². The zero-order chi connectivity index (χ0) is 16.7. The molecule has 0 aliphatic carbocycles. The molecule has 23 heavy (non-hydrogen) atoms. The van der Waals surface area contributed by atoms with E-state index in [9.17, 15) is 15.0 Å². The van der Waals surface area contributed by atoms with Gasteiger partial charge in [-0.1, -0.05) is 0 Å². The summed E-state index contributed by atoms with van der Waals surface area (Å²) in [5.74, 6) is 0.461. The van der Waals surface area contributed by atoms with Gasteiger partial charge in [-0.3, -0.25) is 0 Å². The molecule has 7 heteroatoms. The van der Waals surface area contributed by atoms with Crippen molar-refractivity contribution in [2.24, 2.45) is 0 Å². The van der Waals surface area contributed by atoms with Crippen LogP contribution in [0.2, 0.25) is 0 Å². The third-order valence-electron chi connectivity index (χ3n) is 3.63. The molecule has 3 rings (SSSR count). The Kier molecular flexibility index (Phi) is 3.65. The third-order valence-corrected chi connectivity index (χ3v) is 4.81. The molecule has 0 aliphatic rings. The fourth-order valence-corrected chi connectivity index (χ4v) is 3.53. The average Bonchev–Trinajstić information content (AvgIpc) is 2.83. The van der Waals surface area contributed by atoms with Crippen LogP contribution < -0.4 is 4.90 Å². The summed E-state index contributed by atoms with van der Waals surface area (Å²) in [6, 6.07) is 6.75. The van der Waals surface area contributed by atoms with Crippen LogP contribution in [0.25, 0.3) is 10.2 Å². The predicted molar refractivity (Wildman–Crippen MR) is 90.0 cm³/mol. The molecule has 0 aliphatic heterocycles. The number of hydrogen-bond donors (Lipinski definition) is 2. The van der Waals surface area contributed by atoms with Gasteiger partial charge in [0.05, 0.1) is 5.39 Å². The van der Waals surface area contributed by atoms with E-state index in [1.165, 1.54) is 0 Å². The summed E-state index contributed by atoms with van der Waals surface area (Å²) in [6.07, 6.45) is 0. The molecule has 118 valence electrons. The first-order chi connectivity index (χ1) is 10.9. The Balaban J connectivity index is 2.23. The molecule has 0 saturated heterocycles. The number of aryl methyl sites for hydroxylation is 2. The minimum Gasteiger partial charge on any atom is -0.508 e. The molecule has 6 nitrogen and oxygen atoms in total. The van der Waals surface area contributed by atoms with Gasteiger partial charge in [-0.2, -0.15) is 0 Å². The maximum Gasteiger partial charge on any atom is 0.346 e. The summed E-state index contributed by atoms with van der Waals surface area (Å²) >= 11 is 1.16. The minimum atomic E-state index is -0.957. The lowest BCUT2D eigenvalue weighted by molar-refractivity contribution is 0.0701. The highest BCUT2D eigenvalue weighted by molar-refractivity contribution is 7.20. The number of anilines is 2. The lowest BCUT2D eigenvalue weighted by Gasteiger charge is -2.20. The van der Waals surface area contributed by atoms with Gasteiger partial charge in [0, 0.05) is 12.7 Å². The number of carboxylic acids is 1. The molecule has 0 radical (unpaired) electrons. The van der Waals surface area contributed by atoms with Crippen LogP contribution in [0, 0.1) is 13.8 Å². The number of rotatable bonds is 3. The van der Waals surface area contributed by atoms with Crippen molar-refractivity contribution in [3.05, 3.63) is 40.5 Å². The predicted octanol–water partition coefficient (Wildman–Crippen LogP) is 3.48. The zero-order valence-electron chi connectivity index (χ0n) is 12.9. The monoisotopic (exact) mass is 329 g/mol. The Labute approximate surface area is 136 Å². The molecule has 3 aromatic rings. The fourth-order valence-electron chi connectivity index (χ4n) is 2.47. The van der Waals surface area contributed by atoms with E-state index in [0.717, 1.165) is 22.4 Å². The second kappa shape index (κ2) is 5.51. The number of aromatic carboxylic acids is 1. The highest BCUT2D eigenvalue weighted by atomic mass is 32.1. The topological polar surface area (TPSA) is 86.5 Å². The normalized spacial score (nSPS) is 10.9. The third kappa shape index (κ3) is 2.59. The van der Waals surface area contributed by atoms with Crippen molar-refractivity contribution >= 4 is 39.0 Å². The van der Waals surface area contributed by atoms with Gasteiger partial charge in [-0.15, -0.1) is 11.3 Å². The number of aromatic hydroxyl groups is 1. The van der Waals surface area contributed by atoms with Gasteiger partial charge in [0.25, 0.3) is 0 Å². The van der Waals surface area contributed by atoms with E-state index in [4.69, 9.17) is 0 Å². The maximum atomic E-state index is 11.4. The lowest BCUT2D eigenvalue weighted by atomic mass is 10.2. The molecular formula is C16H15N3O3S. The molecule has 0 fully saturated rings. The first-order valence-electron chi connectivity index (χ1n) is 6.92. The molecule has 0 amide bonds. The van der Waals surface area contributed by atoms with Crippen LogP contribution >= 0.6 is 11.3 Å². The van der Waals surface area contributed by atoms with Crippen molar-refractivity contribution in [1.82, 2.24) is 9.97 Å². The summed E-state index contributed by atoms with van der Waals surface area (Å²) in [5, 5.41) is 19.5. The maximum absolute atomic E-state index is 11.4. The first-order valence-corrected chi connectivity index (χ1v) is 7.74. The average molecular weight is 329 g/mol. The van der Waals surface area contributed by atoms with Gasteiger partial charge in [0.1, 0.15) is 27.1 Å². The number of phenolic OH excluding ortho intramolecular Hbond substituents is 1. The second-order valence-electron chi connectivity index (χ2n) is 5.21. The summed E-state index contributed by atoms with van der Waals surface area (Å²) < 4.78 is 0. The van der Waals surface area contributed by atoms with Crippen LogP contribution in [0.5, 0.6) is 5.75 Å². The molecule has 0 saturated carbocycles. The standard InChI is InChI=1S/C16H15N3O3S/c1-8-12-14(19(3)10-4-6-11(20)7-5-10)17-9(2)18-15(12)23-13(8)16(21)22/h4-7,20H,1-3H3,(H,21,22). The molecule has 0 bridgehead atoms. The van der Waals surface area contributed by atoms with E-state index >= 15 is 0 Å². The van der Waals surface area contributed by atoms with Crippen LogP contribution in [0.3, 0.4) is 0 Å². The van der Waals surface area contributed by atoms with Crippen LogP contribution in [-0.4, -0.2) is 33.2 Å². The summed E-state index contributed by atoms with van der Waals surface area (Å²) in [4.78, 5) is 23.1. The van der Waals surface area contributed by atoms with Crippen LogP contribution in [-0.2, 0) is 0 Å². The summed E-state index contributed by atoms with van der Waals surface area (Å²) in [5.41, 5.74) is 1.50. The fraction of sp³-hybridized carbons (Fsp3) is 0.188. The van der Waals surface area contributed by atoms with Crippen molar-refractivity contribution in [2.75, 3.05) is 11.9 Å². The Bertz CT molecular complexity index is 903. The van der Waals surface area contributed by atoms with Crippen molar-refractivity contribution in [1.29, 1.82) is 0 Å². The molecular weight excluding hydrogens is 314 g/mol. The quantitative estimate of drug-likeness (QED) is 0.765. The van der Waals surface area contributed by atoms with Crippen molar-refractivity contribution in [3.63, 3.8) is 0 Å². The van der Waals surface area contributed by atoms with E-state index in [0.29, 0.717) is 22.0 Å². The highest BCUT2D eigenvalue weighted by Crippen LogP contribution is 2.37. The molecule has 2 heterocycles. The largest absolute Gasteiger partial charge is 0.508 e. The van der Waals surface area contributed by atoms with E-state index in [1.807, 2.05) is 11.9 Å². The molecule has 2 N–H and O–H groups in total. The van der Waals surface area contributed by atoms with E-state index < -0.39 is 5.97 Å². The van der Waals surface area contributed by atoms with Gasteiger partial charge in [-0.05, 0) is 43.7 Å². The SMILES string of the molecule is Cc1nc(N(C)c2ccc(O)cc2)c2c(C)c(C(=O)O)sc2n1. The molecule has 1 aromatic carbocycles. The molecule has 0 spiro atoms. The smallest absolute Gasteiger partial charge is 0.346 e. The minimum absolute atomic E-state index is 0.186. The molecule has 0 atom stereocenters. The van der Waals surface area contributed by atoms with Gasteiger partial charge >= 0.3 is 5.97 Å². The van der Waals surface area contributed by atoms with Crippen LogP contribution in [0.1, 0.15) is 21.1 Å². The van der Waals surface area contributed by atoms with Gasteiger partial charge < -0.3 is 15.1 Å². The van der Waals surface area contributed by atoms with Crippen LogP contribution in [0.15, 0.2) is 24.3 Å². The van der Waals surface area contributed by atoms with E-state index in [2.05, 4.69) is 9.97 Å². The Hall–Kier alpha value is -2.67. The molecule has 0 unspecified atom stereocenters. The first kappa shape index (κ1) is 15.2. The highest BCUT2D eigenvalue weighted by Gasteiger charge is 2.21. The number of fused-ring (bicyclic) bond motifs is 1. The van der Waals surface area contributed by atoms with Gasteiger partial charge in [0.2, 0.25) is 0 Å². The molecule has 2 aromatic heterocycles. The number of benzene rings is 1. The summed E-state index contributed by atoms with van der Waals surface area (Å²) in [7, 11) is 1.85. The second-order valence-corrected chi connectivity index (χ2v) is 6.21. The van der Waals surface area contributed by atoms with Crippen molar-refractivity contribution in [3.8, 4) is 5.75 Å². The van der Waals surface area contributed by atoms with Crippen molar-refractivity contribution < 1.29 is 15.0 Å². The number of carboxylic acid groups (broad SMARTS) is 1. The van der Waals surface area contributed by atoms with Gasteiger partial charge in [-0.25, -0.2) is 14.8 Å². The summed E-state index contributed by atoms with van der Waals surface area (Å²) in [6.45, 7) is 3.55. The number of thiophene rings is 1. The van der Waals surface area contributed by atoms with Crippen LogP contribution in [0.4, 0.5) is 11.5 Å². The number of nitrogens with zero attached hydrogens (tertiary/aromatic N) is 3. The Morgan fingerprint density at radius 1 is 1.17 bits per heavy atom. The number of carbonyl (C=O) groups is 1. The number of phenols is 1. The van der Waals surface area contributed by atoms with Gasteiger partial charge in [0.15, 0.2) is 0 Å². The lowest BCUT2D eigenvalue weighted by Crippen LogP contribution is -2.12.